The number of rotatable bonds is 6. The van der Waals surface area contributed by atoms with Gasteiger partial charge in [0.05, 0.1) is 10.0 Å². The highest BCUT2D eigenvalue weighted by molar-refractivity contribution is 7.92. The first-order valence-corrected chi connectivity index (χ1v) is 10.7. The van der Waals surface area contributed by atoms with Crippen LogP contribution in [0.3, 0.4) is 0 Å². The third-order valence-corrected chi connectivity index (χ3v) is 6.60. The smallest absolute Gasteiger partial charge is 0.333 e. The Balaban J connectivity index is 1.61. The summed E-state index contributed by atoms with van der Waals surface area (Å²) >= 11 is 6.60. The lowest BCUT2D eigenvalue weighted by molar-refractivity contribution is 0.256. The van der Waals surface area contributed by atoms with Gasteiger partial charge in [-0.2, -0.15) is 0 Å². The molecule has 2 amide bonds. The second-order valence-electron chi connectivity index (χ2n) is 5.67. The average molecular weight is 438 g/mol. The molecule has 10 heteroatoms. The van der Waals surface area contributed by atoms with Crippen molar-refractivity contribution in [2.24, 2.45) is 0 Å². The second kappa shape index (κ2) is 8.51. The zero-order valence-corrected chi connectivity index (χ0v) is 17.0. The number of thiophene rings is 1. The number of para-hydroxylation sites is 1. The molecule has 7 nitrogen and oxygen atoms in total. The van der Waals surface area contributed by atoms with Crippen LogP contribution in [0.2, 0.25) is 4.34 Å². The molecule has 0 saturated carbocycles. The number of nitrogens with one attached hydrogen (secondary N) is 3. The fourth-order valence-corrected chi connectivity index (χ4v) is 4.62. The van der Waals surface area contributed by atoms with Crippen LogP contribution in [0, 0.1) is 6.92 Å². The Bertz CT molecular complexity index is 1090. The van der Waals surface area contributed by atoms with Gasteiger partial charge in [-0.15, -0.1) is 11.3 Å². The summed E-state index contributed by atoms with van der Waals surface area (Å²) in [4.78, 5) is 17.5. The monoisotopic (exact) mass is 437 g/mol. The molecule has 1 aromatic heterocycles. The van der Waals surface area contributed by atoms with E-state index in [1.807, 2.05) is 42.0 Å². The summed E-state index contributed by atoms with van der Waals surface area (Å²) in [6.45, 7) is 1.82. The molecule has 0 aliphatic rings. The van der Waals surface area contributed by atoms with Gasteiger partial charge in [-0.05, 0) is 55.0 Å². The fourth-order valence-electron chi connectivity index (χ4n) is 2.23. The summed E-state index contributed by atoms with van der Waals surface area (Å²) in [5, 5.41) is 2.49. The Kier molecular flexibility index (Phi) is 6.08. The lowest BCUT2D eigenvalue weighted by atomic mass is 10.2. The fraction of sp³-hybridized carbons (Fsp3) is 0.0556. The van der Waals surface area contributed by atoms with Gasteiger partial charge in [0, 0.05) is 5.69 Å². The molecule has 28 heavy (non-hydrogen) atoms. The molecule has 0 unspecified atom stereocenters. The zero-order chi connectivity index (χ0) is 20.1. The Hall–Kier alpha value is -2.75. The molecule has 0 bridgehead atoms. The highest BCUT2D eigenvalue weighted by atomic mass is 35.5. The SMILES string of the molecule is Cc1cc(NC(=O)NS(=O)(=O)c2ccc(Cl)s2)ccc1NOc1ccccc1. The van der Waals surface area contributed by atoms with Gasteiger partial charge in [0.1, 0.15) is 4.21 Å². The van der Waals surface area contributed by atoms with Gasteiger partial charge in [-0.3, -0.25) is 0 Å². The molecule has 0 spiro atoms. The number of hydrogen-bond donors (Lipinski definition) is 3. The molecule has 2 aromatic carbocycles. The van der Waals surface area contributed by atoms with Crippen LogP contribution >= 0.6 is 22.9 Å². The van der Waals surface area contributed by atoms with Crippen LogP contribution in [-0.4, -0.2) is 14.4 Å². The highest BCUT2D eigenvalue weighted by Crippen LogP contribution is 2.25. The number of aryl methyl sites for hydroxylation is 1. The van der Waals surface area contributed by atoms with Crippen LogP contribution in [-0.2, 0) is 10.0 Å². The average Bonchev–Trinajstić information content (AvgIpc) is 3.09. The lowest BCUT2D eigenvalue weighted by Crippen LogP contribution is -2.33. The molecule has 1 heterocycles. The molecular weight excluding hydrogens is 422 g/mol. The minimum absolute atomic E-state index is 0.0403. The lowest BCUT2D eigenvalue weighted by Gasteiger charge is -2.13. The van der Waals surface area contributed by atoms with Crippen LogP contribution in [0.1, 0.15) is 5.56 Å². The van der Waals surface area contributed by atoms with E-state index in [0.29, 0.717) is 21.5 Å². The van der Waals surface area contributed by atoms with Crippen LogP contribution in [0.25, 0.3) is 0 Å². The van der Waals surface area contributed by atoms with E-state index < -0.39 is 16.1 Å². The van der Waals surface area contributed by atoms with E-state index in [2.05, 4.69) is 10.8 Å². The van der Waals surface area contributed by atoms with E-state index in [1.165, 1.54) is 12.1 Å². The van der Waals surface area contributed by atoms with Crippen molar-refractivity contribution < 1.29 is 18.0 Å². The zero-order valence-electron chi connectivity index (χ0n) is 14.6. The quantitative estimate of drug-likeness (QED) is 0.489. The topological polar surface area (TPSA) is 96.5 Å². The second-order valence-corrected chi connectivity index (χ2v) is 9.29. The molecule has 3 aromatic rings. The van der Waals surface area contributed by atoms with Crippen LogP contribution in [0.4, 0.5) is 16.2 Å². The Morgan fingerprint density at radius 2 is 1.82 bits per heavy atom. The van der Waals surface area contributed by atoms with Crippen LogP contribution in [0.15, 0.2) is 64.9 Å². The summed E-state index contributed by atoms with van der Waals surface area (Å²) in [6, 6.07) is 16.1. The van der Waals surface area contributed by atoms with Crippen LogP contribution < -0.4 is 20.4 Å². The van der Waals surface area contributed by atoms with Gasteiger partial charge in [0.25, 0.3) is 10.0 Å². The number of anilines is 2. The van der Waals surface area contributed by atoms with E-state index >= 15 is 0 Å². The first-order valence-electron chi connectivity index (χ1n) is 8.01. The maximum absolute atomic E-state index is 12.1. The van der Waals surface area contributed by atoms with E-state index in [-0.39, 0.29) is 4.21 Å². The molecule has 146 valence electrons. The molecule has 0 radical (unpaired) electrons. The van der Waals surface area contributed by atoms with Gasteiger partial charge >= 0.3 is 6.03 Å². The summed E-state index contributed by atoms with van der Waals surface area (Å²) in [7, 11) is -3.98. The maximum atomic E-state index is 12.1. The molecule has 0 aliphatic carbocycles. The standard InChI is InChI=1S/C18H16ClN3O4S2/c1-12-11-13(7-8-15(12)21-26-14-5-3-2-4-6-14)20-18(23)22-28(24,25)17-10-9-16(19)27-17/h2-11,21H,1H3,(H2,20,22,23). The van der Waals surface area contributed by atoms with Gasteiger partial charge in [-0.25, -0.2) is 23.4 Å². The number of carbonyl (C=O) groups excluding carboxylic acids is 1. The Morgan fingerprint density at radius 3 is 2.46 bits per heavy atom. The summed E-state index contributed by atoms with van der Waals surface area (Å²) < 4.78 is 26.5. The Labute approximate surface area is 171 Å². The van der Waals surface area contributed by atoms with E-state index in [9.17, 15) is 13.2 Å². The minimum atomic E-state index is -3.98. The first kappa shape index (κ1) is 20.0. The molecular formula is C18H16ClN3O4S2. The molecule has 0 aliphatic heterocycles. The summed E-state index contributed by atoms with van der Waals surface area (Å²) in [5.74, 6) is 0.655. The van der Waals surface area contributed by atoms with Crippen molar-refractivity contribution in [2.75, 3.05) is 10.8 Å². The Morgan fingerprint density at radius 1 is 1.07 bits per heavy atom. The predicted molar refractivity (Wildman–Crippen MR) is 111 cm³/mol. The predicted octanol–water partition coefficient (Wildman–Crippen LogP) is 4.63. The third-order valence-electron chi connectivity index (χ3n) is 3.55. The van der Waals surface area contributed by atoms with E-state index in [0.717, 1.165) is 16.9 Å². The number of benzene rings is 2. The van der Waals surface area contributed by atoms with Crippen molar-refractivity contribution in [1.29, 1.82) is 0 Å². The number of halogens is 1. The molecule has 3 N–H and O–H groups in total. The highest BCUT2D eigenvalue weighted by Gasteiger charge is 2.19. The van der Waals surface area contributed by atoms with Crippen molar-refractivity contribution in [2.45, 2.75) is 11.1 Å². The number of amides is 2. The van der Waals surface area contributed by atoms with Crippen molar-refractivity contribution in [1.82, 2.24) is 4.72 Å². The van der Waals surface area contributed by atoms with Crippen LogP contribution in [0.5, 0.6) is 5.75 Å². The van der Waals surface area contributed by atoms with Crippen molar-refractivity contribution >= 4 is 50.4 Å². The number of hydrogen-bond acceptors (Lipinski definition) is 6. The summed E-state index contributed by atoms with van der Waals surface area (Å²) in [6.07, 6.45) is 0. The third kappa shape index (κ3) is 5.16. The molecule has 3 rings (SSSR count). The minimum Gasteiger partial charge on any atom is -0.382 e. The largest absolute Gasteiger partial charge is 0.382 e. The maximum Gasteiger partial charge on any atom is 0.333 e. The van der Waals surface area contributed by atoms with E-state index in [4.69, 9.17) is 16.4 Å². The van der Waals surface area contributed by atoms with Gasteiger partial charge in [0.15, 0.2) is 5.75 Å². The van der Waals surface area contributed by atoms with E-state index in [1.54, 1.807) is 18.2 Å². The van der Waals surface area contributed by atoms with Crippen molar-refractivity contribution in [3.63, 3.8) is 0 Å². The summed E-state index contributed by atoms with van der Waals surface area (Å²) in [5.41, 5.74) is 4.76. The molecule has 0 fully saturated rings. The molecule has 0 saturated heterocycles. The number of sulfonamides is 1. The van der Waals surface area contributed by atoms with Crippen molar-refractivity contribution in [3.05, 3.63) is 70.6 Å². The first-order chi connectivity index (χ1) is 13.3. The number of carbonyl (C=O) groups is 1. The van der Waals surface area contributed by atoms with Gasteiger partial charge in [0.2, 0.25) is 0 Å². The molecule has 0 atom stereocenters. The van der Waals surface area contributed by atoms with Crippen molar-refractivity contribution in [3.8, 4) is 5.75 Å². The van der Waals surface area contributed by atoms with Gasteiger partial charge in [-0.1, -0.05) is 29.8 Å². The number of urea groups is 1. The van der Waals surface area contributed by atoms with Gasteiger partial charge < -0.3 is 10.2 Å². The normalized spacial score (nSPS) is 10.9.